The van der Waals surface area contributed by atoms with Crippen LogP contribution in [0.15, 0.2) is 0 Å². The largest absolute Gasteiger partial charge is 0.393 e. The SMILES string of the molecule is CCCCC(O)([C]=O)CO. The van der Waals surface area contributed by atoms with Gasteiger partial charge in [-0.2, -0.15) is 0 Å². The molecule has 0 aliphatic heterocycles. The van der Waals surface area contributed by atoms with Crippen LogP contribution in [0.1, 0.15) is 26.2 Å². The quantitative estimate of drug-likeness (QED) is 0.573. The Bertz CT molecular complexity index is 103. The summed E-state index contributed by atoms with van der Waals surface area (Å²) in [5, 5.41) is 17.6. The van der Waals surface area contributed by atoms with Gasteiger partial charge in [0.15, 0.2) is 5.60 Å². The van der Waals surface area contributed by atoms with E-state index in [4.69, 9.17) is 10.2 Å². The number of carbonyl (C=O) groups excluding carboxylic acids is 1. The van der Waals surface area contributed by atoms with Gasteiger partial charge in [-0.15, -0.1) is 0 Å². The maximum absolute atomic E-state index is 10.0. The van der Waals surface area contributed by atoms with Gasteiger partial charge in [0, 0.05) is 0 Å². The molecule has 10 heavy (non-hydrogen) atoms. The van der Waals surface area contributed by atoms with Crippen molar-refractivity contribution in [1.82, 2.24) is 0 Å². The lowest BCUT2D eigenvalue weighted by Gasteiger charge is -2.16. The van der Waals surface area contributed by atoms with Crippen molar-refractivity contribution in [3.8, 4) is 0 Å². The average Bonchev–Trinajstić information content (AvgIpc) is 2.00. The van der Waals surface area contributed by atoms with Crippen LogP contribution in [-0.2, 0) is 4.79 Å². The van der Waals surface area contributed by atoms with Gasteiger partial charge < -0.3 is 10.2 Å². The van der Waals surface area contributed by atoms with E-state index in [2.05, 4.69) is 0 Å². The number of aliphatic hydroxyl groups is 2. The molecule has 2 N–H and O–H groups in total. The summed E-state index contributed by atoms with van der Waals surface area (Å²) in [6.07, 6.45) is 3.33. The molecule has 0 aliphatic carbocycles. The van der Waals surface area contributed by atoms with Crippen molar-refractivity contribution < 1.29 is 15.0 Å². The van der Waals surface area contributed by atoms with Crippen molar-refractivity contribution in [3.63, 3.8) is 0 Å². The van der Waals surface area contributed by atoms with E-state index in [0.717, 1.165) is 12.8 Å². The zero-order chi connectivity index (χ0) is 8.04. The van der Waals surface area contributed by atoms with E-state index in [0.29, 0.717) is 6.42 Å². The molecule has 0 heterocycles. The van der Waals surface area contributed by atoms with Crippen molar-refractivity contribution in [2.45, 2.75) is 31.8 Å². The van der Waals surface area contributed by atoms with Gasteiger partial charge in [0.25, 0.3) is 0 Å². The smallest absolute Gasteiger partial charge is 0.235 e. The minimum Gasteiger partial charge on any atom is -0.393 e. The molecule has 0 aromatic rings. The Labute approximate surface area is 60.7 Å². The number of hydrogen-bond donors (Lipinski definition) is 2. The molecule has 0 amide bonds. The molecule has 0 spiro atoms. The van der Waals surface area contributed by atoms with Crippen molar-refractivity contribution in [3.05, 3.63) is 0 Å². The van der Waals surface area contributed by atoms with Gasteiger partial charge in [-0.3, -0.25) is 4.79 Å². The van der Waals surface area contributed by atoms with E-state index in [1.54, 1.807) is 0 Å². The molecule has 0 saturated carbocycles. The Kier molecular flexibility index (Phi) is 4.23. The van der Waals surface area contributed by atoms with Crippen LogP contribution in [-0.4, -0.2) is 28.7 Å². The summed E-state index contributed by atoms with van der Waals surface area (Å²) in [6.45, 7) is 1.42. The maximum atomic E-state index is 10.0. The lowest BCUT2D eigenvalue weighted by molar-refractivity contribution is 0.0337. The highest BCUT2D eigenvalue weighted by atomic mass is 16.3. The summed E-state index contributed by atoms with van der Waals surface area (Å²) in [5.41, 5.74) is -1.62. The topological polar surface area (TPSA) is 57.5 Å². The molecule has 3 heteroatoms. The van der Waals surface area contributed by atoms with E-state index in [1.807, 2.05) is 6.92 Å². The molecule has 59 valence electrons. The van der Waals surface area contributed by atoms with Crippen LogP contribution in [0.5, 0.6) is 0 Å². The molecule has 0 fully saturated rings. The average molecular weight is 145 g/mol. The standard InChI is InChI=1S/C7H13O3/c1-2-3-4-7(10,5-8)6-9/h8,10H,2-5H2,1H3. The van der Waals surface area contributed by atoms with Crippen LogP contribution in [0.4, 0.5) is 0 Å². The number of rotatable bonds is 5. The molecule has 1 atom stereocenters. The van der Waals surface area contributed by atoms with Crippen molar-refractivity contribution in [2.75, 3.05) is 6.61 Å². The fourth-order valence-corrected chi connectivity index (χ4v) is 0.632. The Morgan fingerprint density at radius 3 is 2.50 bits per heavy atom. The summed E-state index contributed by atoms with van der Waals surface area (Å²) in [7, 11) is 0. The molecule has 1 radical (unpaired) electrons. The van der Waals surface area contributed by atoms with E-state index in [-0.39, 0.29) is 0 Å². The third-order valence-electron chi connectivity index (χ3n) is 1.40. The highest BCUT2D eigenvalue weighted by molar-refractivity contribution is 5.62. The third kappa shape index (κ3) is 2.94. The minimum absolute atomic E-state index is 0.295. The van der Waals surface area contributed by atoms with Crippen molar-refractivity contribution in [1.29, 1.82) is 0 Å². The highest BCUT2D eigenvalue weighted by Gasteiger charge is 2.25. The molecule has 0 aliphatic rings. The van der Waals surface area contributed by atoms with Crippen LogP contribution in [0.3, 0.4) is 0 Å². The zero-order valence-electron chi connectivity index (χ0n) is 6.13. The summed E-state index contributed by atoms with van der Waals surface area (Å²) >= 11 is 0. The van der Waals surface area contributed by atoms with Gasteiger partial charge in [-0.05, 0) is 6.42 Å². The van der Waals surface area contributed by atoms with Crippen molar-refractivity contribution in [2.24, 2.45) is 0 Å². The second kappa shape index (κ2) is 4.41. The molecule has 0 rings (SSSR count). The van der Waals surface area contributed by atoms with Gasteiger partial charge in [-0.1, -0.05) is 19.8 Å². The molecule has 3 nitrogen and oxygen atoms in total. The highest BCUT2D eigenvalue weighted by Crippen LogP contribution is 2.09. The van der Waals surface area contributed by atoms with E-state index in [9.17, 15) is 4.79 Å². The molecule has 0 aromatic heterocycles. The first-order chi connectivity index (χ1) is 4.68. The molecule has 0 saturated heterocycles. The number of unbranched alkanes of at least 4 members (excludes halogenated alkanes) is 1. The Balaban J connectivity index is 3.68. The van der Waals surface area contributed by atoms with Crippen LogP contribution >= 0.6 is 0 Å². The fourth-order valence-electron chi connectivity index (χ4n) is 0.632. The lowest BCUT2D eigenvalue weighted by Crippen LogP contribution is -2.34. The second-order valence-electron chi connectivity index (χ2n) is 2.40. The first-order valence-corrected chi connectivity index (χ1v) is 3.41. The summed E-state index contributed by atoms with van der Waals surface area (Å²) in [4.78, 5) is 10.0. The molecule has 0 aromatic carbocycles. The minimum atomic E-state index is -1.62. The van der Waals surface area contributed by atoms with Gasteiger partial charge in [0.1, 0.15) is 0 Å². The Morgan fingerprint density at radius 1 is 1.60 bits per heavy atom. The Hall–Kier alpha value is -0.410. The van der Waals surface area contributed by atoms with Crippen LogP contribution in [0.2, 0.25) is 0 Å². The summed E-state index contributed by atoms with van der Waals surface area (Å²) in [6, 6.07) is 0. The van der Waals surface area contributed by atoms with Gasteiger partial charge in [-0.25, -0.2) is 0 Å². The van der Waals surface area contributed by atoms with E-state index >= 15 is 0 Å². The van der Waals surface area contributed by atoms with Crippen LogP contribution < -0.4 is 0 Å². The molecule has 0 bridgehead atoms. The predicted octanol–water partition coefficient (Wildman–Crippen LogP) is 0.00970. The van der Waals surface area contributed by atoms with E-state index in [1.165, 1.54) is 6.29 Å². The van der Waals surface area contributed by atoms with Crippen molar-refractivity contribution >= 4 is 6.29 Å². The monoisotopic (exact) mass is 145 g/mol. The first kappa shape index (κ1) is 9.59. The molecular formula is C7H13O3. The summed E-state index contributed by atoms with van der Waals surface area (Å²) in [5.74, 6) is 0. The third-order valence-corrected chi connectivity index (χ3v) is 1.40. The van der Waals surface area contributed by atoms with Gasteiger partial charge in [0.2, 0.25) is 6.29 Å². The fraction of sp³-hybridized carbons (Fsp3) is 0.857. The predicted molar refractivity (Wildman–Crippen MR) is 37.3 cm³/mol. The zero-order valence-corrected chi connectivity index (χ0v) is 6.13. The lowest BCUT2D eigenvalue weighted by atomic mass is 10.00. The van der Waals surface area contributed by atoms with E-state index < -0.39 is 12.2 Å². The normalized spacial score (nSPS) is 16.3. The Morgan fingerprint density at radius 2 is 2.20 bits per heavy atom. The van der Waals surface area contributed by atoms with Gasteiger partial charge in [0.05, 0.1) is 6.61 Å². The number of aliphatic hydroxyl groups excluding tert-OH is 1. The maximum Gasteiger partial charge on any atom is 0.235 e. The van der Waals surface area contributed by atoms with Crippen LogP contribution in [0.25, 0.3) is 0 Å². The number of hydrogen-bond acceptors (Lipinski definition) is 3. The van der Waals surface area contributed by atoms with Gasteiger partial charge >= 0.3 is 0 Å². The summed E-state index contributed by atoms with van der Waals surface area (Å²) < 4.78 is 0. The van der Waals surface area contributed by atoms with Crippen LogP contribution in [0, 0.1) is 0 Å². The molecule has 1 unspecified atom stereocenters. The first-order valence-electron chi connectivity index (χ1n) is 3.41. The second-order valence-corrected chi connectivity index (χ2v) is 2.40. The molecular weight excluding hydrogens is 132 g/mol.